The van der Waals surface area contributed by atoms with Gasteiger partial charge < -0.3 is 10.1 Å². The molecule has 0 aliphatic carbocycles. The number of esters is 1. The predicted molar refractivity (Wildman–Crippen MR) is 145 cm³/mol. The summed E-state index contributed by atoms with van der Waals surface area (Å²) >= 11 is 2.86. The van der Waals surface area contributed by atoms with E-state index in [1.54, 1.807) is 6.20 Å². The zero-order valence-electron chi connectivity index (χ0n) is 19.6. The van der Waals surface area contributed by atoms with Crippen molar-refractivity contribution in [1.29, 1.82) is 0 Å². The molecule has 2 amide bonds. The molecule has 3 heterocycles. The molecule has 37 heavy (non-hydrogen) atoms. The van der Waals surface area contributed by atoms with Gasteiger partial charge >= 0.3 is 5.97 Å². The maximum Gasteiger partial charge on any atom is 0.356 e. The minimum Gasteiger partial charge on any atom is -0.448 e. The van der Waals surface area contributed by atoms with E-state index in [1.165, 1.54) is 28.4 Å². The summed E-state index contributed by atoms with van der Waals surface area (Å²) in [5.41, 5.74) is 2.64. The van der Waals surface area contributed by atoms with Gasteiger partial charge in [0.25, 0.3) is 5.91 Å². The summed E-state index contributed by atoms with van der Waals surface area (Å²) in [5.74, 6) is -0.428. The topological polar surface area (TPSA) is 88.6 Å². The van der Waals surface area contributed by atoms with Crippen molar-refractivity contribution in [3.05, 3.63) is 118 Å². The Labute approximate surface area is 223 Å². The highest BCUT2D eigenvalue weighted by Gasteiger charge is 2.54. The molecule has 1 unspecified atom stereocenters. The van der Waals surface area contributed by atoms with Gasteiger partial charge in [-0.1, -0.05) is 78.5 Å². The number of hydrogen-bond acceptors (Lipinski definition) is 7. The van der Waals surface area contributed by atoms with Crippen LogP contribution in [0, 0.1) is 0 Å². The normalized spacial score (nSPS) is 18.9. The number of nitrogens with zero attached hydrogens (tertiary/aromatic N) is 2. The van der Waals surface area contributed by atoms with Gasteiger partial charge in [0.1, 0.15) is 17.1 Å². The highest BCUT2D eigenvalue weighted by molar-refractivity contribution is 8.08. The summed E-state index contributed by atoms with van der Waals surface area (Å²) in [6.45, 7) is 0. The van der Waals surface area contributed by atoms with E-state index in [0.29, 0.717) is 17.1 Å². The summed E-state index contributed by atoms with van der Waals surface area (Å²) in [6.07, 6.45) is 3.43. The van der Waals surface area contributed by atoms with Crippen molar-refractivity contribution in [2.24, 2.45) is 0 Å². The van der Waals surface area contributed by atoms with Crippen LogP contribution in [0.5, 0.6) is 0 Å². The van der Waals surface area contributed by atoms with E-state index in [-0.39, 0.29) is 17.0 Å². The highest BCUT2D eigenvalue weighted by atomic mass is 32.2. The summed E-state index contributed by atoms with van der Waals surface area (Å²) in [4.78, 5) is 44.2. The van der Waals surface area contributed by atoms with Crippen LogP contribution in [-0.2, 0) is 19.1 Å². The molecule has 0 saturated carbocycles. The van der Waals surface area contributed by atoms with Gasteiger partial charge in [0.2, 0.25) is 6.41 Å². The van der Waals surface area contributed by atoms with Crippen molar-refractivity contribution in [2.75, 3.05) is 5.75 Å². The molecule has 2 aromatic carbocycles. The first-order valence-corrected chi connectivity index (χ1v) is 13.5. The van der Waals surface area contributed by atoms with Crippen molar-refractivity contribution < 1.29 is 19.1 Å². The Bertz CT molecular complexity index is 1290. The predicted octanol–water partition coefficient (Wildman–Crippen LogP) is 4.36. The second kappa shape index (κ2) is 11.5. The molecule has 9 heteroatoms. The van der Waals surface area contributed by atoms with Gasteiger partial charge in [-0.25, -0.2) is 4.79 Å². The lowest BCUT2D eigenvalue weighted by atomic mass is 10.0. The largest absolute Gasteiger partial charge is 0.448 e. The lowest BCUT2D eigenvalue weighted by molar-refractivity contribution is -0.154. The Balaban J connectivity index is 1.47. The summed E-state index contributed by atoms with van der Waals surface area (Å²) in [5, 5.41) is 4.05. The second-order valence-electron chi connectivity index (χ2n) is 8.23. The number of aromatic nitrogens is 1. The Morgan fingerprint density at radius 1 is 1.05 bits per heavy atom. The number of nitrogens with one attached hydrogen (secondary N) is 1. The minimum atomic E-state index is -0.667. The van der Waals surface area contributed by atoms with Crippen molar-refractivity contribution in [2.45, 2.75) is 17.5 Å². The molecule has 2 aliphatic rings. The fourth-order valence-corrected chi connectivity index (χ4v) is 6.52. The first-order valence-electron chi connectivity index (χ1n) is 11.6. The van der Waals surface area contributed by atoms with Crippen molar-refractivity contribution in [3.8, 4) is 0 Å². The molecule has 1 N–H and O–H groups in total. The van der Waals surface area contributed by atoms with Crippen LogP contribution in [0.1, 0.15) is 22.9 Å². The van der Waals surface area contributed by atoms with Gasteiger partial charge in [-0.05, 0) is 34.7 Å². The van der Waals surface area contributed by atoms with Crippen molar-refractivity contribution >= 4 is 47.9 Å². The molecule has 1 aromatic heterocycles. The molecular weight excluding hydrogens is 506 g/mol. The van der Waals surface area contributed by atoms with Crippen LogP contribution in [-0.4, -0.2) is 45.3 Å². The molecule has 7 nitrogen and oxygen atoms in total. The number of β-lactam (4-membered cyclic amide) rings is 1. The Kier molecular flexibility index (Phi) is 7.72. The fourth-order valence-electron chi connectivity index (χ4n) is 4.17. The first kappa shape index (κ1) is 24.9. The maximum absolute atomic E-state index is 13.8. The molecule has 5 rings (SSSR count). The first-order chi connectivity index (χ1) is 18.2. The van der Waals surface area contributed by atoms with Gasteiger partial charge in [-0.3, -0.25) is 19.5 Å². The van der Waals surface area contributed by atoms with E-state index in [0.717, 1.165) is 16.8 Å². The van der Waals surface area contributed by atoms with Crippen LogP contribution in [0.4, 0.5) is 0 Å². The molecule has 186 valence electrons. The van der Waals surface area contributed by atoms with E-state index >= 15 is 0 Å². The van der Waals surface area contributed by atoms with E-state index < -0.39 is 18.1 Å². The van der Waals surface area contributed by atoms with Crippen LogP contribution in [0.2, 0.25) is 0 Å². The molecule has 1 fully saturated rings. The second-order valence-corrected chi connectivity index (χ2v) is 10.3. The van der Waals surface area contributed by atoms with Crippen molar-refractivity contribution in [1.82, 2.24) is 15.2 Å². The number of amides is 2. The van der Waals surface area contributed by atoms with Gasteiger partial charge in [0, 0.05) is 16.9 Å². The smallest absolute Gasteiger partial charge is 0.356 e. The quantitative estimate of drug-likeness (QED) is 0.250. The third-order valence-electron chi connectivity index (χ3n) is 5.94. The van der Waals surface area contributed by atoms with Crippen LogP contribution in [0.15, 0.2) is 101 Å². The zero-order chi connectivity index (χ0) is 25.6. The number of ether oxygens (including phenoxy) is 1. The number of benzene rings is 2. The van der Waals surface area contributed by atoms with E-state index in [4.69, 9.17) is 4.74 Å². The number of pyridine rings is 1. The summed E-state index contributed by atoms with van der Waals surface area (Å²) < 4.78 is 6.11. The van der Waals surface area contributed by atoms with E-state index in [2.05, 4.69) is 10.3 Å². The number of carbonyl (C=O) groups excluding carboxylic acids is 3. The lowest BCUT2D eigenvalue weighted by Crippen LogP contribution is -2.69. The minimum absolute atomic E-state index is 0.213. The molecular formula is C28H23N3O4S2. The van der Waals surface area contributed by atoms with Gasteiger partial charge in [-0.15, -0.1) is 11.8 Å². The van der Waals surface area contributed by atoms with E-state index in [1.807, 2.05) is 90.3 Å². The van der Waals surface area contributed by atoms with Crippen LogP contribution >= 0.6 is 23.5 Å². The number of rotatable bonds is 9. The molecule has 0 radical (unpaired) electrons. The molecule has 1 saturated heterocycles. The summed E-state index contributed by atoms with van der Waals surface area (Å²) in [7, 11) is 0. The van der Waals surface area contributed by atoms with Gasteiger partial charge in [0.15, 0.2) is 6.10 Å². The molecule has 0 bridgehead atoms. The molecule has 0 spiro atoms. The standard InChI is InChI=1S/C28H23N3O4S2/c32-18-30-23-26(33)31-24(22(17-37-27(23)31)36-16-14-21-13-7-8-15-29-21)28(34)35-25(19-9-3-1-4-10-19)20-11-5-2-6-12-20/h1-16,18,23,25,27H,17H2,(H,30,32)/b16-14+/t23?,27-/m0/s1. The van der Waals surface area contributed by atoms with Gasteiger partial charge in [0.05, 0.1) is 5.69 Å². The van der Waals surface area contributed by atoms with Crippen molar-refractivity contribution in [3.63, 3.8) is 0 Å². The van der Waals surface area contributed by atoms with E-state index in [9.17, 15) is 14.4 Å². The third kappa shape index (κ3) is 5.33. The van der Waals surface area contributed by atoms with Gasteiger partial charge in [-0.2, -0.15) is 0 Å². The summed E-state index contributed by atoms with van der Waals surface area (Å²) in [6, 6.07) is 24.0. The number of thioether (sulfide) groups is 2. The highest BCUT2D eigenvalue weighted by Crippen LogP contribution is 2.44. The van der Waals surface area contributed by atoms with Crippen LogP contribution in [0.25, 0.3) is 6.08 Å². The number of hydrogen-bond donors (Lipinski definition) is 1. The Hall–Kier alpha value is -3.82. The van der Waals surface area contributed by atoms with Crippen LogP contribution in [0.3, 0.4) is 0 Å². The third-order valence-corrected chi connectivity index (χ3v) is 8.30. The maximum atomic E-state index is 13.8. The fraction of sp³-hybridized carbons (Fsp3) is 0.143. The molecule has 3 aromatic rings. The molecule has 2 atom stereocenters. The monoisotopic (exact) mass is 529 g/mol. The SMILES string of the molecule is O=CNC1C(=O)N2C(C(=O)OC(c3ccccc3)c3ccccc3)=C(S/C=C/c3ccccn3)CS[C@@H]12. The Morgan fingerprint density at radius 3 is 2.35 bits per heavy atom. The number of carbonyl (C=O) groups is 3. The Morgan fingerprint density at radius 2 is 1.73 bits per heavy atom. The number of fused-ring (bicyclic) bond motifs is 1. The van der Waals surface area contributed by atoms with Crippen LogP contribution < -0.4 is 5.32 Å². The molecule has 2 aliphatic heterocycles. The lowest BCUT2D eigenvalue weighted by Gasteiger charge is -2.49. The zero-order valence-corrected chi connectivity index (χ0v) is 21.2. The average molecular weight is 530 g/mol. The average Bonchev–Trinajstić information content (AvgIpc) is 2.95.